The fourth-order valence-electron chi connectivity index (χ4n) is 9.13. The Labute approximate surface area is 232 Å². The molecule has 4 saturated carbocycles. The topological polar surface area (TPSA) is 9.49 Å². The van der Waals surface area contributed by atoms with Gasteiger partial charge in [-0.3, -0.25) is 0 Å². The molecule has 0 atom stereocenters. The Morgan fingerprint density at radius 3 is 1.51 bits per heavy atom. The summed E-state index contributed by atoms with van der Waals surface area (Å²) in [6.07, 6.45) is 8.20. The van der Waals surface area contributed by atoms with Crippen LogP contribution in [-0.4, -0.2) is 72.1 Å². The van der Waals surface area contributed by atoms with Gasteiger partial charge in [-0.2, -0.15) is 0 Å². The highest BCUT2D eigenvalue weighted by Gasteiger charge is 2.57. The molecule has 6 heteroatoms. The van der Waals surface area contributed by atoms with E-state index in [1.165, 1.54) is 48.9 Å². The third-order valence-electron chi connectivity index (χ3n) is 10.1. The van der Waals surface area contributed by atoms with Crippen LogP contribution in [0.2, 0.25) is 13.1 Å². The van der Waals surface area contributed by atoms with Gasteiger partial charge in [-0.25, -0.2) is 0 Å². The van der Waals surface area contributed by atoms with E-state index in [-0.39, 0.29) is 12.5 Å². The van der Waals surface area contributed by atoms with Gasteiger partial charge in [-0.15, -0.1) is 7.98 Å². The van der Waals surface area contributed by atoms with E-state index in [4.69, 9.17) is 7.98 Å². The molecule has 1 aromatic rings. The van der Waals surface area contributed by atoms with Crippen molar-refractivity contribution in [2.75, 3.05) is 0 Å². The van der Waals surface area contributed by atoms with Crippen LogP contribution >= 0.6 is 0 Å². The average molecular weight is 519 g/mol. The highest BCUT2D eigenvalue weighted by Crippen LogP contribution is 2.57. The molecule has 0 heterocycles. The molecule has 37 heavy (non-hydrogen) atoms. The Hall–Kier alpha value is -0.843. The molecule has 0 spiro atoms. The van der Waals surface area contributed by atoms with Crippen LogP contribution in [0.4, 0.5) is 0 Å². The van der Waals surface area contributed by atoms with E-state index < -0.39 is 8.07 Å². The molecule has 5 rings (SSSR count). The van der Waals surface area contributed by atoms with Crippen molar-refractivity contribution >= 4 is 33.5 Å². The van der Waals surface area contributed by atoms with Crippen LogP contribution in [0.25, 0.3) is 0 Å². The Morgan fingerprint density at radius 1 is 0.784 bits per heavy atom. The number of nitrogens with zero attached hydrogens (tertiary/aromatic N) is 3. The van der Waals surface area contributed by atoms with E-state index in [0.717, 1.165) is 17.8 Å². The highest BCUT2D eigenvalue weighted by molar-refractivity contribution is 7.30. The maximum absolute atomic E-state index is 7.70. The maximum atomic E-state index is 7.70. The molecular weight excluding hydrogens is 465 g/mol. The molecule has 4 aliphatic carbocycles. The predicted octanol–water partition coefficient (Wildman–Crippen LogP) is 5.91. The van der Waals surface area contributed by atoms with Crippen molar-refractivity contribution in [3.63, 3.8) is 0 Å². The monoisotopic (exact) mass is 519 g/mol. The van der Waals surface area contributed by atoms with Gasteiger partial charge in [-0.1, -0.05) is 98.8 Å². The van der Waals surface area contributed by atoms with Crippen molar-refractivity contribution < 1.29 is 4.49 Å². The molecule has 0 saturated heterocycles. The van der Waals surface area contributed by atoms with Gasteiger partial charge >= 0.3 is 6.98 Å². The van der Waals surface area contributed by atoms with Crippen LogP contribution in [-0.2, 0) is 0 Å². The molecular formula is C31H54B2N3Si. The minimum Gasteiger partial charge on any atom is -0.549 e. The summed E-state index contributed by atoms with van der Waals surface area (Å²) >= 11 is 0. The molecule has 4 bridgehead atoms. The van der Waals surface area contributed by atoms with E-state index in [1.807, 2.05) is 0 Å². The zero-order valence-corrected chi connectivity index (χ0v) is 26.7. The molecule has 3 radical (unpaired) electrons. The lowest BCUT2D eigenvalue weighted by molar-refractivity contribution is -0.502. The summed E-state index contributed by atoms with van der Waals surface area (Å²) in [6, 6.07) is 13.1. The Kier molecular flexibility index (Phi) is 8.64. The molecule has 0 unspecified atom stereocenters. The first-order valence-corrected chi connectivity index (χ1v) is 18.3. The van der Waals surface area contributed by atoms with Crippen molar-refractivity contribution in [2.45, 2.75) is 137 Å². The second kappa shape index (κ2) is 11.0. The smallest absolute Gasteiger partial charge is 0.405 e. The van der Waals surface area contributed by atoms with E-state index in [9.17, 15) is 0 Å². The highest BCUT2D eigenvalue weighted by atomic mass is 28.3. The molecule has 0 aliphatic heterocycles. The normalized spacial score (nSPS) is 28.4. The number of hydrogen-bond acceptors (Lipinski definition) is 2. The van der Waals surface area contributed by atoms with Gasteiger partial charge in [0.05, 0.1) is 5.23 Å². The molecule has 4 aliphatic rings. The molecule has 0 amide bonds. The summed E-state index contributed by atoms with van der Waals surface area (Å²) in [5.74, 6) is 2.61. The number of rotatable bonds is 10. The van der Waals surface area contributed by atoms with Gasteiger partial charge < -0.3 is 14.1 Å². The largest absolute Gasteiger partial charge is 0.549 e. The lowest BCUT2D eigenvalue weighted by atomic mass is 9.52. The maximum Gasteiger partial charge on any atom is 0.405 e. The first kappa shape index (κ1) is 29.1. The number of hydrogen-bond donors (Lipinski definition) is 0. The van der Waals surface area contributed by atoms with E-state index in [2.05, 4.69) is 113 Å². The fraction of sp³-hybridized carbons (Fsp3) is 0.774. The third kappa shape index (κ3) is 5.46. The quantitative estimate of drug-likeness (QED) is 0.216. The summed E-state index contributed by atoms with van der Waals surface area (Å²) in [5, 5.41) is 3.03. The minimum absolute atomic E-state index is 0.126. The van der Waals surface area contributed by atoms with Gasteiger partial charge in [-0.05, 0) is 66.4 Å². The standard InChI is InChI=1S/C31H54B2N3Si/c1-22(2)34(23(3)4)33(35(24(5)6)25(7)8)30(37(9,10)29-14-12-11-13-15-29)36(32)31-19-26-16-27(20-31)18-28(17-26)21-31/h11-15,22-28H,16-21H2,1-10H3/b36-30-/i30+1. The number of benzene rings is 1. The summed E-state index contributed by atoms with van der Waals surface area (Å²) < 4.78 is 2.47. The Morgan fingerprint density at radius 2 is 1.16 bits per heavy atom. The first-order valence-electron chi connectivity index (χ1n) is 15.3. The van der Waals surface area contributed by atoms with E-state index >= 15 is 0 Å². The van der Waals surface area contributed by atoms with Crippen molar-refractivity contribution in [3.05, 3.63) is 30.3 Å². The molecule has 3 nitrogen and oxygen atoms in total. The summed E-state index contributed by atoms with van der Waals surface area (Å²) in [6.45, 7) is 24.4. The van der Waals surface area contributed by atoms with E-state index in [0.29, 0.717) is 24.2 Å². The van der Waals surface area contributed by atoms with Gasteiger partial charge in [0.25, 0.3) is 0 Å². The van der Waals surface area contributed by atoms with Gasteiger partial charge in [0.15, 0.2) is 8.07 Å². The SMILES string of the molecule is [B-]/[N+](=[13C](/B(N(C(C)C)C(C)C)N(C(C)C)C(C)C)[Si](C)(C)c1ccccc1)C12CC3CC(CC(C3)C1)C2. The summed E-state index contributed by atoms with van der Waals surface area (Å²) in [4.78, 5) is 5.54. The second-order valence-electron chi connectivity index (χ2n) is 14.5. The van der Waals surface area contributed by atoms with Gasteiger partial charge in [0.1, 0.15) is 5.54 Å². The van der Waals surface area contributed by atoms with Crippen LogP contribution < -0.4 is 5.19 Å². The van der Waals surface area contributed by atoms with Crippen LogP contribution in [0.15, 0.2) is 30.3 Å². The van der Waals surface area contributed by atoms with Gasteiger partial charge in [0, 0.05) is 19.3 Å². The summed E-state index contributed by atoms with van der Waals surface area (Å²) in [5.41, 5.74) is 0.126. The predicted molar refractivity (Wildman–Crippen MR) is 165 cm³/mol. The third-order valence-corrected chi connectivity index (χ3v) is 13.7. The Bertz CT molecular complexity index is 885. The van der Waals surface area contributed by atoms with Crippen molar-refractivity contribution in [2.24, 2.45) is 17.8 Å². The van der Waals surface area contributed by atoms with Crippen molar-refractivity contribution in [1.29, 1.82) is 0 Å². The minimum atomic E-state index is -2.16. The Balaban J connectivity index is 2.01. The van der Waals surface area contributed by atoms with Gasteiger partial charge in [0.2, 0.25) is 0 Å². The van der Waals surface area contributed by atoms with Crippen LogP contribution in [0.1, 0.15) is 93.9 Å². The van der Waals surface area contributed by atoms with Crippen molar-refractivity contribution in [1.82, 2.24) is 9.62 Å². The zero-order valence-electron chi connectivity index (χ0n) is 25.7. The zero-order chi connectivity index (χ0) is 27.3. The molecule has 1 aromatic carbocycles. The summed E-state index contributed by atoms with van der Waals surface area (Å²) in [7, 11) is 5.53. The second-order valence-corrected chi connectivity index (χ2v) is 18.9. The molecule has 203 valence electrons. The average Bonchev–Trinajstić information content (AvgIpc) is 2.77. The van der Waals surface area contributed by atoms with Crippen molar-refractivity contribution in [3.8, 4) is 0 Å². The first-order chi connectivity index (χ1) is 17.3. The van der Waals surface area contributed by atoms with Crippen LogP contribution in [0, 0.1) is 17.8 Å². The molecule has 0 N–H and O–H groups in total. The van der Waals surface area contributed by atoms with E-state index in [1.54, 1.807) is 0 Å². The molecule has 0 aromatic heterocycles. The fourth-order valence-corrected chi connectivity index (χ4v) is 12.2. The molecule has 4 fully saturated rings. The lowest BCUT2D eigenvalue weighted by Crippen LogP contribution is -2.75. The van der Waals surface area contributed by atoms with Crippen LogP contribution in [0.3, 0.4) is 0 Å². The van der Waals surface area contributed by atoms with Crippen LogP contribution in [0.5, 0.6) is 0 Å². The lowest BCUT2D eigenvalue weighted by Gasteiger charge is -2.59.